The molecule has 0 saturated heterocycles. The molecule has 0 aliphatic heterocycles. The number of thioether (sulfide) groups is 2. The summed E-state index contributed by atoms with van der Waals surface area (Å²) in [4.78, 5) is 46.0. The Bertz CT molecular complexity index is 1920. The molecule has 0 fully saturated rings. The molecule has 5 rings (SSSR count). The van der Waals surface area contributed by atoms with Gasteiger partial charge in [0.15, 0.2) is 10.2 Å². The molecule has 0 N–H and O–H groups in total. The lowest BCUT2D eigenvalue weighted by atomic mass is 10.1. The Kier molecular flexibility index (Phi) is 11.4. The molecule has 0 atom stereocenters. The summed E-state index contributed by atoms with van der Waals surface area (Å²) in [5.41, 5.74) is 6.51. The smallest absolute Gasteiger partial charge is 0.186 e. The lowest BCUT2D eigenvalue weighted by molar-refractivity contribution is -0.109. The summed E-state index contributed by atoms with van der Waals surface area (Å²) in [6, 6.07) is 25.8. The Balaban J connectivity index is 1.36. The monoisotopic (exact) mass is 665 g/mol. The molecule has 0 bridgehead atoms. The number of aromatic nitrogens is 3. The van der Waals surface area contributed by atoms with Crippen molar-refractivity contribution in [2.75, 3.05) is 0 Å². The van der Waals surface area contributed by atoms with Crippen LogP contribution in [0.15, 0.2) is 91.1 Å². The number of hydrogen-bond donors (Lipinski definition) is 0. The molecule has 0 spiro atoms. The zero-order chi connectivity index (χ0) is 33.2. The Labute approximate surface area is 280 Å². The molecular formula is C36H31N3O6S2. The molecule has 0 radical (unpaired) electrons. The van der Waals surface area contributed by atoms with Crippen molar-refractivity contribution in [3.05, 3.63) is 125 Å². The van der Waals surface area contributed by atoms with Crippen molar-refractivity contribution in [1.82, 2.24) is 15.0 Å². The van der Waals surface area contributed by atoms with Crippen LogP contribution in [0.5, 0.6) is 11.5 Å². The molecular weight excluding hydrogens is 635 g/mol. The van der Waals surface area contributed by atoms with Crippen LogP contribution < -0.4 is 9.47 Å². The highest BCUT2D eigenvalue weighted by Crippen LogP contribution is 2.28. The van der Waals surface area contributed by atoms with Crippen molar-refractivity contribution in [3.63, 3.8) is 0 Å². The number of nitrogens with zero attached hydrogens (tertiary/aromatic N) is 3. The maximum Gasteiger partial charge on any atom is 0.186 e. The van der Waals surface area contributed by atoms with E-state index in [-0.39, 0.29) is 23.4 Å². The Morgan fingerprint density at radius 2 is 1.34 bits per heavy atom. The van der Waals surface area contributed by atoms with Gasteiger partial charge in [-0.2, -0.15) is 0 Å². The molecule has 0 amide bonds. The summed E-state index contributed by atoms with van der Waals surface area (Å²) in [6.07, 6.45) is 3.30. The van der Waals surface area contributed by atoms with Crippen LogP contribution >= 0.6 is 23.5 Å². The van der Waals surface area contributed by atoms with Gasteiger partial charge in [0.05, 0.1) is 11.9 Å². The summed E-state index contributed by atoms with van der Waals surface area (Å²) in [5, 5.41) is 8.77. The second-order valence-electron chi connectivity index (χ2n) is 10.6. The third-order valence-corrected chi connectivity index (χ3v) is 8.61. The molecule has 238 valence electrons. The zero-order valence-electron chi connectivity index (χ0n) is 25.8. The van der Waals surface area contributed by atoms with Gasteiger partial charge in [-0.1, -0.05) is 71.2 Å². The first-order valence-electron chi connectivity index (χ1n) is 14.6. The van der Waals surface area contributed by atoms with E-state index in [4.69, 9.17) is 9.47 Å². The van der Waals surface area contributed by atoms with Crippen LogP contribution in [0.3, 0.4) is 0 Å². The minimum atomic E-state index is -0.000589. The summed E-state index contributed by atoms with van der Waals surface area (Å²) < 4.78 is 13.8. The van der Waals surface area contributed by atoms with Crippen molar-refractivity contribution in [2.45, 2.75) is 38.6 Å². The second-order valence-corrected chi connectivity index (χ2v) is 12.9. The van der Waals surface area contributed by atoms with E-state index in [1.54, 1.807) is 54.2 Å². The normalized spacial score (nSPS) is 10.8. The second kappa shape index (κ2) is 16.0. The van der Waals surface area contributed by atoms with E-state index in [9.17, 15) is 19.2 Å². The average Bonchev–Trinajstić information content (AvgIpc) is 3.59. The van der Waals surface area contributed by atoms with E-state index in [1.807, 2.05) is 48.5 Å². The molecule has 0 aliphatic rings. The zero-order valence-corrected chi connectivity index (χ0v) is 27.4. The lowest BCUT2D eigenvalue weighted by Crippen LogP contribution is -2.01. The molecule has 0 aliphatic carbocycles. The molecule has 4 aromatic carbocycles. The van der Waals surface area contributed by atoms with Crippen molar-refractivity contribution >= 4 is 46.3 Å². The van der Waals surface area contributed by atoms with E-state index in [0.717, 1.165) is 34.8 Å². The van der Waals surface area contributed by atoms with Crippen LogP contribution in [0.2, 0.25) is 0 Å². The van der Waals surface area contributed by atoms with Crippen molar-refractivity contribution in [3.8, 4) is 28.4 Å². The van der Waals surface area contributed by atoms with Gasteiger partial charge in [-0.25, -0.2) is 4.68 Å². The fourth-order valence-corrected chi connectivity index (χ4v) is 5.74. The fraction of sp³-hybridized carbons (Fsp3) is 0.167. The largest absolute Gasteiger partial charge is 0.489 e. The van der Waals surface area contributed by atoms with E-state index < -0.39 is 0 Å². The lowest BCUT2D eigenvalue weighted by Gasteiger charge is -2.11. The highest BCUT2D eigenvalue weighted by Gasteiger charge is 2.12. The van der Waals surface area contributed by atoms with Crippen molar-refractivity contribution < 1.29 is 28.7 Å². The Morgan fingerprint density at radius 1 is 0.702 bits per heavy atom. The van der Waals surface area contributed by atoms with E-state index in [1.165, 1.54) is 30.4 Å². The molecule has 11 heteroatoms. The first kappa shape index (κ1) is 33.4. The van der Waals surface area contributed by atoms with Gasteiger partial charge < -0.3 is 9.47 Å². The Morgan fingerprint density at radius 3 is 2.04 bits per heavy atom. The maximum atomic E-state index is 11.8. The quantitative estimate of drug-likeness (QED) is 0.112. The molecule has 47 heavy (non-hydrogen) atoms. The van der Waals surface area contributed by atoms with Crippen molar-refractivity contribution in [2.24, 2.45) is 0 Å². The molecule has 9 nitrogen and oxygen atoms in total. The first-order valence-corrected chi connectivity index (χ1v) is 16.6. The number of carbonyl (C=O) groups is 4. The third kappa shape index (κ3) is 9.74. The molecule has 0 saturated carbocycles. The maximum absolute atomic E-state index is 11.8. The topological polar surface area (TPSA) is 117 Å². The highest BCUT2D eigenvalue weighted by atomic mass is 32.2. The van der Waals surface area contributed by atoms with Gasteiger partial charge >= 0.3 is 0 Å². The van der Waals surface area contributed by atoms with E-state index >= 15 is 0 Å². The summed E-state index contributed by atoms with van der Waals surface area (Å²) >= 11 is 2.45. The van der Waals surface area contributed by atoms with Gasteiger partial charge in [0.1, 0.15) is 43.0 Å². The van der Waals surface area contributed by atoms with Crippen LogP contribution in [-0.4, -0.2) is 37.8 Å². The van der Waals surface area contributed by atoms with Crippen LogP contribution in [0.25, 0.3) is 16.9 Å². The van der Waals surface area contributed by atoms with Crippen LogP contribution in [0, 0.1) is 0 Å². The average molecular weight is 666 g/mol. The van der Waals surface area contributed by atoms with Gasteiger partial charge in [0.25, 0.3) is 0 Å². The van der Waals surface area contributed by atoms with Crippen LogP contribution in [0.1, 0.15) is 56.8 Å². The van der Waals surface area contributed by atoms with E-state index in [2.05, 4.69) is 10.3 Å². The van der Waals surface area contributed by atoms with Crippen LogP contribution in [-0.2, 0) is 34.3 Å². The number of aldehydes is 2. The third-order valence-electron chi connectivity index (χ3n) is 6.84. The molecule has 1 heterocycles. The molecule has 0 unspecified atom stereocenters. The highest BCUT2D eigenvalue weighted by molar-refractivity contribution is 8.13. The number of benzene rings is 4. The molecule has 5 aromatic rings. The Hall–Kier alpha value is -5.00. The summed E-state index contributed by atoms with van der Waals surface area (Å²) in [5.74, 6) is 2.10. The summed E-state index contributed by atoms with van der Waals surface area (Å²) in [7, 11) is 0. The standard InChI is InChI=1S/C36H31N3O6S2/c1-24(42)46-22-29-8-4-7-28(10-29)21-44-34-13-30(19-41)11-32(15-34)36-17-39(38-37-36)33-12-31(23-47-25(2)43)14-35(16-33)45-20-27-6-3-5-26(9-27)18-40/h3-19H,20-23H2,1-2H3. The molecule has 1 aromatic heterocycles. The number of carbonyl (C=O) groups excluding carboxylic acids is 4. The minimum Gasteiger partial charge on any atom is -0.489 e. The van der Waals surface area contributed by atoms with Crippen molar-refractivity contribution in [1.29, 1.82) is 0 Å². The van der Waals surface area contributed by atoms with Crippen LogP contribution in [0.4, 0.5) is 0 Å². The van der Waals surface area contributed by atoms with Gasteiger partial charge in [0.2, 0.25) is 0 Å². The van der Waals surface area contributed by atoms with Gasteiger partial charge in [0, 0.05) is 48.1 Å². The SMILES string of the molecule is CC(=O)SCc1cccc(COc2cc(C=O)cc(-c3cn(-c4cc(CSC(C)=O)cc(OCc5cccc(C=O)c5)c4)nn3)c2)c1. The fourth-order valence-electron chi connectivity index (χ4n) is 4.65. The number of rotatable bonds is 14. The number of ether oxygens (including phenoxy) is 2. The first-order chi connectivity index (χ1) is 22.8. The van der Waals surface area contributed by atoms with E-state index in [0.29, 0.717) is 51.1 Å². The minimum absolute atomic E-state index is 0.000589. The van der Waals surface area contributed by atoms with Gasteiger partial charge in [-0.15, -0.1) is 5.10 Å². The van der Waals surface area contributed by atoms with Gasteiger partial charge in [-0.3, -0.25) is 19.2 Å². The number of hydrogen-bond acceptors (Lipinski definition) is 10. The predicted octanol–water partition coefficient (Wildman–Crippen LogP) is 7.28. The predicted molar refractivity (Wildman–Crippen MR) is 183 cm³/mol. The van der Waals surface area contributed by atoms with Gasteiger partial charge in [-0.05, 0) is 58.7 Å². The summed E-state index contributed by atoms with van der Waals surface area (Å²) in [6.45, 7) is 3.59.